The molecule has 0 radical (unpaired) electrons. The van der Waals surface area contributed by atoms with Gasteiger partial charge in [0.15, 0.2) is 0 Å². The molecule has 4 rings (SSSR count). The average Bonchev–Trinajstić information content (AvgIpc) is 3.27. The van der Waals surface area contributed by atoms with Gasteiger partial charge in [0.05, 0.1) is 23.9 Å². The summed E-state index contributed by atoms with van der Waals surface area (Å²) >= 11 is 1.34. The van der Waals surface area contributed by atoms with E-state index in [4.69, 9.17) is 4.74 Å². The zero-order valence-corrected chi connectivity index (χ0v) is 13.6. The smallest absolute Gasteiger partial charge is 0.278 e. The van der Waals surface area contributed by atoms with E-state index in [0.717, 1.165) is 19.4 Å². The number of benzene rings is 1. The number of nitrogens with zero attached hydrogens (tertiary/aromatic N) is 7. The Balaban J connectivity index is 1.50. The minimum absolute atomic E-state index is 0.149. The van der Waals surface area contributed by atoms with Crippen LogP contribution in [0.4, 0.5) is 0 Å². The summed E-state index contributed by atoms with van der Waals surface area (Å²) in [7, 11) is 0. The summed E-state index contributed by atoms with van der Waals surface area (Å²) in [6.07, 6.45) is 2.23. The molecule has 1 atom stereocenters. The van der Waals surface area contributed by atoms with Crippen LogP contribution in [-0.2, 0) is 17.2 Å². The maximum Gasteiger partial charge on any atom is 0.278 e. The lowest BCUT2D eigenvalue weighted by Crippen LogP contribution is -2.23. The molecule has 1 saturated heterocycles. The van der Waals surface area contributed by atoms with Gasteiger partial charge >= 0.3 is 0 Å². The Bertz CT molecular complexity index is 903. The summed E-state index contributed by atoms with van der Waals surface area (Å²) in [6.45, 7) is 1.41. The van der Waals surface area contributed by atoms with Crippen molar-refractivity contribution in [3.8, 4) is 0 Å². The van der Waals surface area contributed by atoms with Gasteiger partial charge in [-0.3, -0.25) is 4.79 Å². The Hall–Kier alpha value is -2.33. The van der Waals surface area contributed by atoms with Gasteiger partial charge in [0, 0.05) is 6.61 Å². The lowest BCUT2D eigenvalue weighted by Gasteiger charge is -2.10. The average molecular weight is 345 g/mol. The van der Waals surface area contributed by atoms with Crippen molar-refractivity contribution in [2.24, 2.45) is 0 Å². The quantitative estimate of drug-likeness (QED) is 0.623. The van der Waals surface area contributed by atoms with E-state index in [0.29, 0.717) is 28.5 Å². The van der Waals surface area contributed by atoms with E-state index in [1.807, 2.05) is 12.1 Å². The topological polar surface area (TPSA) is 101 Å². The number of hydrogen-bond donors (Lipinski definition) is 0. The molecule has 1 aromatic carbocycles. The van der Waals surface area contributed by atoms with Crippen molar-refractivity contribution in [2.45, 2.75) is 36.5 Å². The fraction of sp³-hybridized carbons (Fsp3) is 0.429. The number of thioether (sulfide) groups is 1. The highest BCUT2D eigenvalue weighted by atomic mass is 32.2. The number of hydrogen-bond acceptors (Lipinski definition) is 8. The molecule has 1 aliphatic rings. The van der Waals surface area contributed by atoms with E-state index in [1.54, 1.807) is 16.8 Å². The molecule has 2 aromatic heterocycles. The molecule has 1 fully saturated rings. The van der Waals surface area contributed by atoms with Crippen molar-refractivity contribution in [3.63, 3.8) is 0 Å². The zero-order valence-electron chi connectivity index (χ0n) is 12.8. The molecular weight excluding hydrogens is 330 g/mol. The Labute approximate surface area is 141 Å². The van der Waals surface area contributed by atoms with Gasteiger partial charge in [0.25, 0.3) is 5.56 Å². The minimum Gasteiger partial charge on any atom is -0.376 e. The third-order valence-corrected chi connectivity index (χ3v) is 4.77. The first-order valence-electron chi connectivity index (χ1n) is 7.64. The Morgan fingerprint density at radius 2 is 2.12 bits per heavy atom. The number of ether oxygens (including phenoxy) is 1. The summed E-state index contributed by atoms with van der Waals surface area (Å²) in [6, 6.07) is 7.15. The van der Waals surface area contributed by atoms with Gasteiger partial charge in [-0.25, -0.2) is 4.68 Å². The van der Waals surface area contributed by atoms with Gasteiger partial charge in [0.2, 0.25) is 5.16 Å². The maximum atomic E-state index is 12.4. The highest BCUT2D eigenvalue weighted by molar-refractivity contribution is 7.98. The van der Waals surface area contributed by atoms with Crippen LogP contribution >= 0.6 is 11.8 Å². The molecule has 0 spiro atoms. The van der Waals surface area contributed by atoms with Crippen LogP contribution in [0.15, 0.2) is 34.2 Å². The predicted molar refractivity (Wildman–Crippen MR) is 86.4 cm³/mol. The number of fused-ring (bicyclic) bond motifs is 1. The molecule has 3 aromatic rings. The summed E-state index contributed by atoms with van der Waals surface area (Å²) in [5.74, 6) is 0.294. The van der Waals surface area contributed by atoms with Crippen molar-refractivity contribution in [1.29, 1.82) is 0 Å². The zero-order chi connectivity index (χ0) is 16.4. The molecule has 0 N–H and O–H groups in total. The van der Waals surface area contributed by atoms with Gasteiger partial charge in [-0.2, -0.15) is 4.68 Å². The van der Waals surface area contributed by atoms with Crippen LogP contribution in [0, 0.1) is 0 Å². The van der Waals surface area contributed by atoms with Crippen LogP contribution in [0.3, 0.4) is 0 Å². The van der Waals surface area contributed by atoms with Crippen LogP contribution in [0.25, 0.3) is 10.9 Å². The lowest BCUT2D eigenvalue weighted by atomic mass is 10.2. The second-order valence-corrected chi connectivity index (χ2v) is 6.38. The molecule has 0 amide bonds. The van der Waals surface area contributed by atoms with E-state index >= 15 is 0 Å². The molecule has 0 saturated carbocycles. The van der Waals surface area contributed by atoms with Crippen molar-refractivity contribution < 1.29 is 4.74 Å². The second kappa shape index (κ2) is 6.65. The molecule has 24 heavy (non-hydrogen) atoms. The molecule has 1 unspecified atom stereocenters. The van der Waals surface area contributed by atoms with Crippen molar-refractivity contribution in [1.82, 2.24) is 35.2 Å². The van der Waals surface area contributed by atoms with Gasteiger partial charge in [-0.15, -0.1) is 10.2 Å². The van der Waals surface area contributed by atoms with E-state index < -0.39 is 0 Å². The van der Waals surface area contributed by atoms with Gasteiger partial charge < -0.3 is 4.74 Å². The Morgan fingerprint density at radius 3 is 3.00 bits per heavy atom. The molecule has 3 heterocycles. The number of aromatic nitrogens is 7. The standard InChI is InChI=1S/C14H15N7O2S/c22-13-11-5-1-2-6-12(11)15-18-21(13)9-24-14-16-17-19-20(14)8-10-4-3-7-23-10/h1-2,5-6,10H,3-4,7-9H2. The lowest BCUT2D eigenvalue weighted by molar-refractivity contribution is 0.0911. The summed E-state index contributed by atoms with van der Waals surface area (Å²) in [5, 5.41) is 20.9. The maximum absolute atomic E-state index is 12.4. The molecular formula is C14H15N7O2S. The largest absolute Gasteiger partial charge is 0.376 e. The van der Waals surface area contributed by atoms with Crippen LogP contribution in [0.5, 0.6) is 0 Å². The summed E-state index contributed by atoms with van der Waals surface area (Å²) in [5.41, 5.74) is 0.415. The molecule has 0 aliphatic carbocycles. The Kier molecular flexibility index (Phi) is 4.22. The van der Waals surface area contributed by atoms with E-state index in [1.165, 1.54) is 16.4 Å². The molecule has 10 heteroatoms. The monoisotopic (exact) mass is 345 g/mol. The number of rotatable bonds is 5. The highest BCUT2D eigenvalue weighted by Gasteiger charge is 2.19. The molecule has 124 valence electrons. The van der Waals surface area contributed by atoms with E-state index in [2.05, 4.69) is 25.8 Å². The molecule has 0 bridgehead atoms. The number of tetrazole rings is 1. The SMILES string of the molecule is O=c1c2ccccc2nnn1CSc1nnnn1CC1CCCO1. The third-order valence-electron chi connectivity index (χ3n) is 3.84. The van der Waals surface area contributed by atoms with Gasteiger partial charge in [-0.1, -0.05) is 29.1 Å². The van der Waals surface area contributed by atoms with Crippen molar-refractivity contribution >= 4 is 22.7 Å². The van der Waals surface area contributed by atoms with Crippen LogP contribution in [-0.4, -0.2) is 47.9 Å². The van der Waals surface area contributed by atoms with Crippen LogP contribution in [0.1, 0.15) is 12.8 Å². The van der Waals surface area contributed by atoms with E-state index in [9.17, 15) is 4.79 Å². The van der Waals surface area contributed by atoms with Crippen LogP contribution in [0.2, 0.25) is 0 Å². The Morgan fingerprint density at radius 1 is 1.21 bits per heavy atom. The minimum atomic E-state index is -0.175. The highest BCUT2D eigenvalue weighted by Crippen LogP contribution is 2.19. The first-order valence-corrected chi connectivity index (χ1v) is 8.63. The van der Waals surface area contributed by atoms with Crippen molar-refractivity contribution in [3.05, 3.63) is 34.6 Å². The molecule has 1 aliphatic heterocycles. The first-order chi connectivity index (χ1) is 11.8. The van der Waals surface area contributed by atoms with Gasteiger partial charge in [0.1, 0.15) is 5.52 Å². The normalized spacial score (nSPS) is 17.6. The second-order valence-electron chi connectivity index (χ2n) is 5.46. The first kappa shape index (κ1) is 15.2. The predicted octanol–water partition coefficient (Wildman–Crippen LogP) is 0.707. The third kappa shape index (κ3) is 3.02. The molecule has 9 nitrogen and oxygen atoms in total. The summed E-state index contributed by atoms with van der Waals surface area (Å²) < 4.78 is 8.63. The van der Waals surface area contributed by atoms with Gasteiger partial charge in [-0.05, 0) is 35.4 Å². The summed E-state index contributed by atoms with van der Waals surface area (Å²) in [4.78, 5) is 12.4. The van der Waals surface area contributed by atoms with Crippen molar-refractivity contribution in [2.75, 3.05) is 6.61 Å². The fourth-order valence-electron chi connectivity index (χ4n) is 2.62. The fourth-order valence-corrected chi connectivity index (χ4v) is 3.38. The van der Waals surface area contributed by atoms with Crippen LogP contribution < -0.4 is 5.56 Å². The van der Waals surface area contributed by atoms with E-state index in [-0.39, 0.29) is 11.7 Å².